The lowest BCUT2D eigenvalue weighted by Gasteiger charge is -2.07. The van der Waals surface area contributed by atoms with Gasteiger partial charge >= 0.3 is 0 Å². The number of rotatable bonds is 1. The van der Waals surface area contributed by atoms with E-state index in [0.717, 1.165) is 5.75 Å². The van der Waals surface area contributed by atoms with Crippen molar-refractivity contribution in [3.05, 3.63) is 0 Å². The molecule has 56 valence electrons. The van der Waals surface area contributed by atoms with E-state index >= 15 is 0 Å². The van der Waals surface area contributed by atoms with Crippen molar-refractivity contribution < 1.29 is 0 Å². The van der Waals surface area contributed by atoms with Gasteiger partial charge in [-0.25, -0.2) is 0 Å². The highest BCUT2D eigenvalue weighted by Crippen LogP contribution is 2.82. The molecule has 10 heavy (non-hydrogen) atoms. The Bertz CT molecular complexity index is 206. The Balaban J connectivity index is 2.60. The van der Waals surface area contributed by atoms with Crippen LogP contribution in [0.15, 0.2) is 0 Å². The van der Waals surface area contributed by atoms with Crippen LogP contribution in [-0.2, 0) is 11.8 Å². The zero-order valence-corrected chi connectivity index (χ0v) is 9.60. The fourth-order valence-corrected chi connectivity index (χ4v) is 12.5. The second-order valence-corrected chi connectivity index (χ2v) is 17.6. The second-order valence-electron chi connectivity index (χ2n) is 1.69. The fourth-order valence-electron chi connectivity index (χ4n) is 0.550. The summed E-state index contributed by atoms with van der Waals surface area (Å²) in [6.45, 7) is 0. The van der Waals surface area contributed by atoms with Gasteiger partial charge in [0.2, 0.25) is 0 Å². The molecule has 1 aliphatic rings. The SMILES string of the molecule is C#CC1CSP(=S)(SC)S1. The maximum Gasteiger partial charge on any atom is 0.110 e. The number of hydrogen-bond donors (Lipinski definition) is 0. The van der Waals surface area contributed by atoms with Gasteiger partial charge in [0, 0.05) is 5.75 Å². The van der Waals surface area contributed by atoms with Crippen LogP contribution >= 0.6 is 37.8 Å². The largest absolute Gasteiger partial charge is 0.119 e. The highest BCUT2D eigenvalue weighted by Gasteiger charge is 2.29. The highest BCUT2D eigenvalue weighted by atomic mass is 33.5. The lowest BCUT2D eigenvalue weighted by molar-refractivity contribution is 1.35. The van der Waals surface area contributed by atoms with Gasteiger partial charge in [-0.1, -0.05) is 29.1 Å². The standard InChI is InChI=1S/C5H7PS4/c1-3-5-4-9-6(7,8-2)10-5/h1,5H,4H2,2H3. The summed E-state index contributed by atoms with van der Waals surface area (Å²) < 4.78 is -1.18. The Kier molecular flexibility index (Phi) is 3.53. The average Bonchev–Trinajstić information content (AvgIpc) is 2.33. The van der Waals surface area contributed by atoms with Crippen molar-refractivity contribution in [2.75, 3.05) is 12.0 Å². The summed E-state index contributed by atoms with van der Waals surface area (Å²) in [6, 6.07) is 0. The summed E-state index contributed by atoms with van der Waals surface area (Å²) in [6.07, 6.45) is 7.37. The molecule has 1 rings (SSSR count). The molecular formula is C5H7PS4. The third kappa shape index (κ3) is 2.12. The van der Waals surface area contributed by atoms with Gasteiger partial charge in [0.25, 0.3) is 0 Å². The Morgan fingerprint density at radius 3 is 2.90 bits per heavy atom. The molecule has 0 N–H and O–H groups in total. The molecule has 0 bridgehead atoms. The van der Waals surface area contributed by atoms with Crippen LogP contribution in [0.1, 0.15) is 0 Å². The second kappa shape index (κ2) is 3.78. The molecule has 2 atom stereocenters. The zero-order valence-electron chi connectivity index (χ0n) is 5.44. The van der Waals surface area contributed by atoms with E-state index in [1.807, 2.05) is 34.1 Å². The first-order chi connectivity index (χ1) is 4.70. The predicted octanol–water partition coefficient (Wildman–Crippen LogP) is 3.06. The first-order valence-electron chi connectivity index (χ1n) is 2.65. The van der Waals surface area contributed by atoms with Crippen LogP contribution in [0.4, 0.5) is 0 Å². The van der Waals surface area contributed by atoms with E-state index in [2.05, 4.69) is 12.2 Å². The summed E-state index contributed by atoms with van der Waals surface area (Å²) in [5, 5.41) is 0.378. The molecule has 0 aliphatic carbocycles. The number of terminal acetylenes is 1. The van der Waals surface area contributed by atoms with Gasteiger partial charge in [0.05, 0.1) is 5.25 Å². The van der Waals surface area contributed by atoms with Gasteiger partial charge < -0.3 is 0 Å². The Labute approximate surface area is 78.9 Å². The van der Waals surface area contributed by atoms with E-state index in [0.29, 0.717) is 5.25 Å². The molecule has 1 heterocycles. The Hall–Kier alpha value is 1.26. The van der Waals surface area contributed by atoms with Crippen LogP contribution in [0.3, 0.4) is 0 Å². The monoisotopic (exact) mass is 226 g/mol. The normalized spacial score (nSPS) is 39.4. The van der Waals surface area contributed by atoms with E-state index in [4.69, 9.17) is 18.2 Å². The topological polar surface area (TPSA) is 0 Å². The van der Waals surface area contributed by atoms with E-state index in [1.165, 1.54) is 0 Å². The predicted molar refractivity (Wildman–Crippen MR) is 60.5 cm³/mol. The van der Waals surface area contributed by atoms with Gasteiger partial charge in [-0.2, -0.15) is 0 Å². The molecule has 0 nitrogen and oxygen atoms in total. The summed E-state index contributed by atoms with van der Waals surface area (Å²) in [7, 11) is 0. The molecule has 5 heteroatoms. The first kappa shape index (κ1) is 9.35. The van der Waals surface area contributed by atoms with Crippen LogP contribution in [-0.4, -0.2) is 17.3 Å². The lowest BCUT2D eigenvalue weighted by Crippen LogP contribution is -1.92. The molecule has 0 aromatic heterocycles. The van der Waals surface area contributed by atoms with E-state index in [9.17, 15) is 0 Å². The first-order valence-corrected chi connectivity index (χ1v) is 10.4. The average molecular weight is 226 g/mol. The molecular weight excluding hydrogens is 219 g/mol. The fraction of sp³-hybridized carbons (Fsp3) is 0.600. The quantitative estimate of drug-likeness (QED) is 0.497. The smallest absolute Gasteiger partial charge is 0.110 e. The molecule has 2 unspecified atom stereocenters. The van der Waals surface area contributed by atoms with E-state index in [-0.39, 0.29) is 0 Å². The number of hydrogen-bond acceptors (Lipinski definition) is 4. The van der Waals surface area contributed by atoms with Crippen molar-refractivity contribution in [1.29, 1.82) is 0 Å². The summed E-state index contributed by atoms with van der Waals surface area (Å²) >= 11 is 10.9. The molecule has 0 aromatic rings. The van der Waals surface area contributed by atoms with Gasteiger partial charge in [-0.05, 0) is 6.26 Å². The summed E-state index contributed by atoms with van der Waals surface area (Å²) in [4.78, 5) is 0. The Morgan fingerprint density at radius 1 is 1.90 bits per heavy atom. The molecule has 1 fully saturated rings. The maximum absolute atomic E-state index is 5.42. The van der Waals surface area contributed by atoms with Crippen LogP contribution in [0.2, 0.25) is 0 Å². The molecule has 0 radical (unpaired) electrons. The maximum atomic E-state index is 5.42. The molecule has 0 aromatic carbocycles. The minimum atomic E-state index is -1.18. The van der Waals surface area contributed by atoms with Crippen molar-refractivity contribution >= 4 is 49.6 Å². The van der Waals surface area contributed by atoms with Crippen molar-refractivity contribution in [3.8, 4) is 12.3 Å². The van der Waals surface area contributed by atoms with Gasteiger partial charge in [-0.15, -0.1) is 29.2 Å². The van der Waals surface area contributed by atoms with Gasteiger partial charge in [0.15, 0.2) is 0 Å². The van der Waals surface area contributed by atoms with Crippen LogP contribution < -0.4 is 0 Å². The van der Waals surface area contributed by atoms with Crippen LogP contribution in [0.25, 0.3) is 0 Å². The van der Waals surface area contributed by atoms with E-state index in [1.54, 1.807) is 0 Å². The van der Waals surface area contributed by atoms with Gasteiger partial charge in [-0.3, -0.25) is 0 Å². The van der Waals surface area contributed by atoms with Crippen molar-refractivity contribution in [1.82, 2.24) is 0 Å². The third-order valence-corrected chi connectivity index (χ3v) is 16.8. The van der Waals surface area contributed by atoms with Crippen LogP contribution in [0, 0.1) is 12.3 Å². The molecule has 1 aliphatic heterocycles. The van der Waals surface area contributed by atoms with Crippen molar-refractivity contribution in [3.63, 3.8) is 0 Å². The summed E-state index contributed by atoms with van der Waals surface area (Å²) in [5.41, 5.74) is 0. The van der Waals surface area contributed by atoms with Crippen LogP contribution in [0.5, 0.6) is 0 Å². The molecule has 1 saturated heterocycles. The molecule has 0 saturated carbocycles. The molecule has 0 amide bonds. The van der Waals surface area contributed by atoms with Crippen molar-refractivity contribution in [2.24, 2.45) is 0 Å². The summed E-state index contributed by atoms with van der Waals surface area (Å²) in [5.74, 6) is 3.80. The van der Waals surface area contributed by atoms with E-state index < -0.39 is 3.64 Å². The lowest BCUT2D eigenvalue weighted by atomic mass is 10.5. The highest BCUT2D eigenvalue weighted by molar-refractivity contribution is 9.24. The van der Waals surface area contributed by atoms with Gasteiger partial charge in [0.1, 0.15) is 3.64 Å². The zero-order chi connectivity index (χ0) is 7.61. The third-order valence-electron chi connectivity index (χ3n) is 1.05. The minimum Gasteiger partial charge on any atom is -0.119 e. The molecule has 0 spiro atoms. The van der Waals surface area contributed by atoms with Crippen molar-refractivity contribution in [2.45, 2.75) is 5.25 Å². The Morgan fingerprint density at radius 2 is 2.60 bits per heavy atom. The minimum absolute atomic E-state index is 0.378.